The van der Waals surface area contributed by atoms with E-state index in [1.54, 1.807) is 7.11 Å². The number of nitrogens with zero attached hydrogens (tertiary/aromatic N) is 1. The van der Waals surface area contributed by atoms with Crippen LogP contribution in [0, 0.1) is 6.92 Å². The second-order valence-corrected chi connectivity index (χ2v) is 6.71. The molecule has 0 bridgehead atoms. The maximum absolute atomic E-state index is 5.35. The largest absolute Gasteiger partial charge is 0.497 e. The average Bonchev–Trinajstić information content (AvgIpc) is 2.74. The third kappa shape index (κ3) is 2.97. The van der Waals surface area contributed by atoms with Crippen LogP contribution in [-0.4, -0.2) is 7.11 Å². The van der Waals surface area contributed by atoms with Gasteiger partial charge in [0.25, 0.3) is 0 Å². The van der Waals surface area contributed by atoms with Crippen LogP contribution >= 0.6 is 0 Å². The first-order valence-corrected chi connectivity index (χ1v) is 9.40. The third-order valence-electron chi connectivity index (χ3n) is 5.21. The molecule has 0 saturated heterocycles. The van der Waals surface area contributed by atoms with Gasteiger partial charge >= 0.3 is 0 Å². The highest BCUT2D eigenvalue weighted by molar-refractivity contribution is 5.97. The number of ether oxygens (including phenoxy) is 1. The van der Waals surface area contributed by atoms with Gasteiger partial charge in [0.2, 0.25) is 5.69 Å². The van der Waals surface area contributed by atoms with Crippen molar-refractivity contribution in [3.63, 3.8) is 0 Å². The summed E-state index contributed by atoms with van der Waals surface area (Å²) in [5.74, 6) is 0.874. The summed E-state index contributed by atoms with van der Waals surface area (Å²) in [6.45, 7) is 4.44. The molecule has 0 spiro atoms. The third-order valence-corrected chi connectivity index (χ3v) is 5.21. The van der Waals surface area contributed by atoms with Crippen molar-refractivity contribution in [3.8, 4) is 22.6 Å². The number of pyridine rings is 1. The summed E-state index contributed by atoms with van der Waals surface area (Å²) < 4.78 is 7.74. The summed E-state index contributed by atoms with van der Waals surface area (Å²) in [5.41, 5.74) is 6.31. The van der Waals surface area contributed by atoms with Gasteiger partial charge in [-0.2, -0.15) is 4.57 Å². The van der Waals surface area contributed by atoms with E-state index >= 15 is 0 Å². The van der Waals surface area contributed by atoms with Gasteiger partial charge in [-0.1, -0.05) is 55.5 Å². The fourth-order valence-corrected chi connectivity index (χ4v) is 3.95. The highest BCUT2D eigenvalue weighted by Crippen LogP contribution is 2.33. The quantitative estimate of drug-likeness (QED) is 0.431. The molecule has 2 nitrogen and oxygen atoms in total. The Morgan fingerprint density at radius 3 is 2.04 bits per heavy atom. The Balaban J connectivity index is 2.11. The van der Waals surface area contributed by atoms with Crippen LogP contribution in [0.2, 0.25) is 0 Å². The monoisotopic (exact) mass is 354 g/mol. The minimum Gasteiger partial charge on any atom is -0.497 e. The highest BCUT2D eigenvalue weighted by atomic mass is 16.5. The number of hydrogen-bond donors (Lipinski definition) is 0. The molecule has 4 aromatic rings. The summed E-state index contributed by atoms with van der Waals surface area (Å²) in [6.07, 6.45) is 0.946. The predicted octanol–water partition coefficient (Wildman–Crippen LogP) is 5.66. The average molecular weight is 354 g/mol. The van der Waals surface area contributed by atoms with Gasteiger partial charge < -0.3 is 4.74 Å². The lowest BCUT2D eigenvalue weighted by molar-refractivity contribution is -0.608. The van der Waals surface area contributed by atoms with E-state index in [1.807, 2.05) is 12.1 Å². The van der Waals surface area contributed by atoms with Crippen LogP contribution in [0.25, 0.3) is 27.6 Å². The van der Waals surface area contributed by atoms with Crippen molar-refractivity contribution >= 4 is 10.8 Å². The van der Waals surface area contributed by atoms with Crippen molar-refractivity contribution in [2.45, 2.75) is 20.3 Å². The zero-order valence-electron chi connectivity index (χ0n) is 16.1. The Bertz CT molecular complexity index is 1080. The van der Waals surface area contributed by atoms with Crippen LogP contribution in [0.5, 0.6) is 5.75 Å². The fraction of sp³-hybridized carbons (Fsp3) is 0.160. The van der Waals surface area contributed by atoms with Crippen molar-refractivity contribution in [1.82, 2.24) is 0 Å². The molecule has 0 aliphatic rings. The maximum atomic E-state index is 5.35. The maximum Gasteiger partial charge on any atom is 0.211 e. The van der Waals surface area contributed by atoms with Crippen LogP contribution in [0.3, 0.4) is 0 Å². The Hall–Kier alpha value is -3.13. The van der Waals surface area contributed by atoms with Gasteiger partial charge in [0, 0.05) is 36.2 Å². The van der Waals surface area contributed by atoms with E-state index in [9.17, 15) is 0 Å². The minimum absolute atomic E-state index is 0.874. The topological polar surface area (TPSA) is 13.1 Å². The van der Waals surface area contributed by atoms with Crippen molar-refractivity contribution in [1.29, 1.82) is 0 Å². The lowest BCUT2D eigenvalue weighted by Crippen LogP contribution is -2.39. The van der Waals surface area contributed by atoms with E-state index in [-0.39, 0.29) is 0 Å². The van der Waals surface area contributed by atoms with Gasteiger partial charge in [-0.15, -0.1) is 0 Å². The highest BCUT2D eigenvalue weighted by Gasteiger charge is 2.25. The van der Waals surface area contributed by atoms with E-state index in [1.165, 1.54) is 33.3 Å². The Morgan fingerprint density at radius 1 is 0.778 bits per heavy atom. The summed E-state index contributed by atoms with van der Waals surface area (Å²) in [6, 6.07) is 27.7. The van der Waals surface area contributed by atoms with Gasteiger partial charge in [-0.05, 0) is 23.8 Å². The summed E-state index contributed by atoms with van der Waals surface area (Å²) in [4.78, 5) is 0. The first kappa shape index (κ1) is 17.3. The molecule has 27 heavy (non-hydrogen) atoms. The Labute approximate surface area is 160 Å². The van der Waals surface area contributed by atoms with Crippen LogP contribution in [0.4, 0.5) is 0 Å². The predicted molar refractivity (Wildman–Crippen MR) is 112 cm³/mol. The lowest BCUT2D eigenvalue weighted by Gasteiger charge is -2.15. The molecule has 0 N–H and O–H groups in total. The molecule has 0 amide bonds. The van der Waals surface area contributed by atoms with E-state index in [0.717, 1.165) is 17.9 Å². The van der Waals surface area contributed by atoms with Crippen molar-refractivity contribution in [2.24, 2.45) is 0 Å². The summed E-state index contributed by atoms with van der Waals surface area (Å²) in [5, 5.41) is 2.59. The van der Waals surface area contributed by atoms with Gasteiger partial charge in [0.15, 0.2) is 11.4 Å². The first-order valence-electron chi connectivity index (χ1n) is 9.40. The molecule has 0 saturated carbocycles. The van der Waals surface area contributed by atoms with Crippen molar-refractivity contribution in [2.75, 3.05) is 7.11 Å². The zero-order chi connectivity index (χ0) is 18.8. The molecule has 134 valence electrons. The molecule has 0 radical (unpaired) electrons. The molecule has 4 rings (SSSR count). The molecule has 3 aromatic carbocycles. The second kappa shape index (κ2) is 7.24. The zero-order valence-corrected chi connectivity index (χ0v) is 16.1. The van der Waals surface area contributed by atoms with Crippen LogP contribution in [-0.2, 0) is 6.42 Å². The number of rotatable bonds is 4. The first-order chi connectivity index (χ1) is 13.2. The molecular formula is C25H24NO+. The molecule has 1 heterocycles. The summed E-state index contributed by atoms with van der Waals surface area (Å²) in [7, 11) is 1.70. The number of hydrogen-bond acceptors (Lipinski definition) is 1. The minimum atomic E-state index is 0.874. The number of methoxy groups -OCH3 is 1. The van der Waals surface area contributed by atoms with Crippen LogP contribution < -0.4 is 9.30 Å². The van der Waals surface area contributed by atoms with E-state index in [2.05, 4.69) is 85.1 Å². The van der Waals surface area contributed by atoms with Crippen molar-refractivity contribution in [3.05, 3.63) is 90.3 Å². The van der Waals surface area contributed by atoms with Gasteiger partial charge in [0.1, 0.15) is 5.75 Å². The van der Waals surface area contributed by atoms with E-state index in [4.69, 9.17) is 4.74 Å². The summed E-state index contributed by atoms with van der Waals surface area (Å²) >= 11 is 0. The van der Waals surface area contributed by atoms with Gasteiger partial charge in [-0.3, -0.25) is 0 Å². The molecule has 1 aromatic heterocycles. The molecule has 0 aliphatic heterocycles. The van der Waals surface area contributed by atoms with Gasteiger partial charge in [-0.25, -0.2) is 0 Å². The molecule has 2 heteroatoms. The van der Waals surface area contributed by atoms with Crippen molar-refractivity contribution < 1.29 is 9.30 Å². The fourth-order valence-electron chi connectivity index (χ4n) is 3.95. The Morgan fingerprint density at radius 2 is 1.41 bits per heavy atom. The van der Waals surface area contributed by atoms with E-state index < -0.39 is 0 Å². The molecular weight excluding hydrogens is 330 g/mol. The normalized spacial score (nSPS) is 10.9. The number of benzene rings is 3. The molecule has 0 aliphatic carbocycles. The number of aromatic nitrogens is 1. The lowest BCUT2D eigenvalue weighted by atomic mass is 9.94. The smallest absolute Gasteiger partial charge is 0.211 e. The second-order valence-electron chi connectivity index (χ2n) is 6.71. The SMILES string of the molecule is CCc1c(-c2ccccc2)c2ccccc2c(C)[n+]1-c1ccc(OC)cc1. The van der Waals surface area contributed by atoms with E-state index in [0.29, 0.717) is 0 Å². The Kier molecular flexibility index (Phi) is 4.64. The molecule has 0 fully saturated rings. The molecule has 0 unspecified atom stereocenters. The van der Waals surface area contributed by atoms with Crippen LogP contribution in [0.1, 0.15) is 18.3 Å². The van der Waals surface area contributed by atoms with Gasteiger partial charge in [0.05, 0.1) is 12.7 Å². The number of aryl methyl sites for hydroxylation is 1. The van der Waals surface area contributed by atoms with Crippen LogP contribution in [0.15, 0.2) is 78.9 Å². The standard InChI is InChI=1S/C25H24NO/c1-4-24-25(19-10-6-5-7-11-19)23-13-9-8-12-22(23)18(2)26(24)20-14-16-21(27-3)17-15-20/h5-17H,4H2,1-3H3/q+1. The molecule has 0 atom stereocenters. The number of fused-ring (bicyclic) bond motifs is 1.